The Labute approximate surface area is 133 Å². The van der Waals surface area contributed by atoms with Crippen LogP contribution in [-0.4, -0.2) is 9.97 Å². The maximum atomic E-state index is 4.47. The van der Waals surface area contributed by atoms with Crippen LogP contribution in [0.2, 0.25) is 0 Å². The second-order valence-electron chi connectivity index (χ2n) is 1.70. The van der Waals surface area contributed by atoms with Crippen molar-refractivity contribution in [2.24, 2.45) is 0 Å². The first-order valence-corrected chi connectivity index (χ1v) is 8.17. The monoisotopic (exact) mass is 298 g/mol. The van der Waals surface area contributed by atoms with Crippen LogP contribution in [0.3, 0.4) is 0 Å². The SMILES string of the molecule is CC.CC.CC.CC.CC.c1ccncc1.c1cocn1. The second-order valence-corrected chi connectivity index (χ2v) is 1.70. The maximum Gasteiger partial charge on any atom is 0.180 e. The summed E-state index contributed by atoms with van der Waals surface area (Å²) in [5, 5.41) is 0. The molecule has 0 atom stereocenters. The summed E-state index contributed by atoms with van der Waals surface area (Å²) in [5.74, 6) is 0. The third kappa shape index (κ3) is 56.1. The molecule has 0 N–H and O–H groups in total. The Kier molecular flexibility index (Phi) is 95.2. The highest BCUT2D eigenvalue weighted by molar-refractivity contribution is 4.88. The smallest absolute Gasteiger partial charge is 0.180 e. The van der Waals surface area contributed by atoms with Crippen molar-refractivity contribution in [2.45, 2.75) is 69.2 Å². The average molecular weight is 299 g/mol. The van der Waals surface area contributed by atoms with Crippen LogP contribution < -0.4 is 0 Å². The van der Waals surface area contributed by atoms with Gasteiger partial charge >= 0.3 is 0 Å². The first-order valence-electron chi connectivity index (χ1n) is 8.17. The fourth-order valence-corrected chi connectivity index (χ4v) is 0.488. The third-order valence-corrected chi connectivity index (χ3v) is 0.914. The van der Waals surface area contributed by atoms with Crippen LogP contribution in [0.5, 0.6) is 0 Å². The molecule has 0 amide bonds. The zero-order valence-corrected chi connectivity index (χ0v) is 15.9. The van der Waals surface area contributed by atoms with Crippen molar-refractivity contribution >= 4 is 0 Å². The van der Waals surface area contributed by atoms with Gasteiger partial charge in [-0.05, 0) is 12.1 Å². The Bertz CT molecular complexity index is 201. The molecule has 2 rings (SSSR count). The fourth-order valence-electron chi connectivity index (χ4n) is 0.488. The van der Waals surface area contributed by atoms with Gasteiger partial charge in [-0.3, -0.25) is 4.98 Å². The van der Waals surface area contributed by atoms with Crippen LogP contribution in [0.15, 0.2) is 53.9 Å². The van der Waals surface area contributed by atoms with Crippen molar-refractivity contribution in [3.05, 3.63) is 49.4 Å². The molecular formula is C18H38N2O. The first-order chi connectivity index (χ1) is 10.5. The van der Waals surface area contributed by atoms with Crippen molar-refractivity contribution < 1.29 is 4.42 Å². The number of nitrogens with zero attached hydrogens (tertiary/aromatic N) is 2. The molecule has 0 aliphatic heterocycles. The molecule has 0 aliphatic carbocycles. The molecule has 0 bridgehead atoms. The van der Waals surface area contributed by atoms with Crippen molar-refractivity contribution in [3.8, 4) is 0 Å². The lowest BCUT2D eigenvalue weighted by molar-refractivity contribution is 0.558. The molecule has 2 heterocycles. The van der Waals surface area contributed by atoms with Gasteiger partial charge in [-0.1, -0.05) is 75.3 Å². The average Bonchev–Trinajstić information content (AvgIpc) is 3.25. The van der Waals surface area contributed by atoms with Crippen LogP contribution in [-0.2, 0) is 0 Å². The molecule has 3 heteroatoms. The van der Waals surface area contributed by atoms with Crippen molar-refractivity contribution in [1.82, 2.24) is 9.97 Å². The van der Waals surface area contributed by atoms with E-state index in [-0.39, 0.29) is 0 Å². The minimum atomic E-state index is 1.38. The molecule has 0 radical (unpaired) electrons. The molecule has 0 fully saturated rings. The van der Waals surface area contributed by atoms with Crippen LogP contribution in [0, 0.1) is 0 Å². The summed E-state index contributed by atoms with van der Waals surface area (Å²) in [5.41, 5.74) is 0. The summed E-state index contributed by atoms with van der Waals surface area (Å²) in [6.07, 6.45) is 7.97. The number of aromatic nitrogens is 2. The summed E-state index contributed by atoms with van der Waals surface area (Å²) in [7, 11) is 0. The molecule has 0 saturated carbocycles. The standard InChI is InChI=1S/C5H5N.C3H3NO.5C2H6/c1-2-4-6-5-3-1;1-2-5-3-4-1;5*1-2/h1-5H;1-3H;5*1-2H3. The number of hydrogen-bond donors (Lipinski definition) is 0. The van der Waals surface area contributed by atoms with E-state index < -0.39 is 0 Å². The molecule has 2 aromatic rings. The highest BCUT2D eigenvalue weighted by Crippen LogP contribution is 1.73. The minimum Gasteiger partial charge on any atom is -0.452 e. The topological polar surface area (TPSA) is 38.9 Å². The zero-order chi connectivity index (χ0) is 17.8. The van der Waals surface area contributed by atoms with E-state index in [4.69, 9.17) is 0 Å². The normalized spacial score (nSPS) is 5.62. The molecule has 21 heavy (non-hydrogen) atoms. The molecule has 0 unspecified atom stereocenters. The Morgan fingerprint density at radius 1 is 0.524 bits per heavy atom. The molecule has 0 aliphatic rings. The van der Waals surface area contributed by atoms with Gasteiger partial charge in [0, 0.05) is 12.4 Å². The summed E-state index contributed by atoms with van der Waals surface area (Å²) in [4.78, 5) is 7.34. The zero-order valence-electron chi connectivity index (χ0n) is 15.9. The van der Waals surface area contributed by atoms with Crippen LogP contribution >= 0.6 is 0 Å². The molecular weight excluding hydrogens is 260 g/mol. The van der Waals surface area contributed by atoms with E-state index in [0.29, 0.717) is 0 Å². The number of pyridine rings is 1. The predicted octanol–water partition coefficient (Wildman–Crippen LogP) is 6.89. The van der Waals surface area contributed by atoms with E-state index in [1.807, 2.05) is 87.4 Å². The predicted molar refractivity (Wildman–Crippen MR) is 97.5 cm³/mol. The van der Waals surface area contributed by atoms with Gasteiger partial charge in [0.2, 0.25) is 0 Å². The van der Waals surface area contributed by atoms with Crippen molar-refractivity contribution in [2.75, 3.05) is 0 Å². The Hall–Kier alpha value is -1.64. The molecule has 2 aromatic heterocycles. The highest BCUT2D eigenvalue weighted by Gasteiger charge is 1.59. The van der Waals surface area contributed by atoms with Crippen molar-refractivity contribution in [1.29, 1.82) is 0 Å². The molecule has 0 aromatic carbocycles. The highest BCUT2D eigenvalue weighted by atomic mass is 16.3. The quantitative estimate of drug-likeness (QED) is 0.531. The van der Waals surface area contributed by atoms with Gasteiger partial charge < -0.3 is 4.42 Å². The van der Waals surface area contributed by atoms with E-state index in [2.05, 4.69) is 14.4 Å². The van der Waals surface area contributed by atoms with Crippen molar-refractivity contribution in [3.63, 3.8) is 0 Å². The third-order valence-electron chi connectivity index (χ3n) is 0.914. The van der Waals surface area contributed by atoms with E-state index in [9.17, 15) is 0 Å². The van der Waals surface area contributed by atoms with Crippen LogP contribution in [0.4, 0.5) is 0 Å². The van der Waals surface area contributed by atoms with E-state index >= 15 is 0 Å². The Balaban J connectivity index is -0.0000000520. The summed E-state index contributed by atoms with van der Waals surface area (Å²) < 4.78 is 4.47. The maximum absolute atomic E-state index is 4.47. The van der Waals surface area contributed by atoms with E-state index in [0.717, 1.165) is 0 Å². The molecule has 0 spiro atoms. The molecule has 3 nitrogen and oxygen atoms in total. The number of rotatable bonds is 0. The number of oxazole rings is 1. The van der Waals surface area contributed by atoms with Gasteiger partial charge in [-0.2, -0.15) is 0 Å². The Morgan fingerprint density at radius 3 is 1.05 bits per heavy atom. The second kappa shape index (κ2) is 63.2. The first kappa shape index (κ1) is 31.6. The van der Waals surface area contributed by atoms with Crippen LogP contribution in [0.1, 0.15) is 69.2 Å². The fraction of sp³-hybridized carbons (Fsp3) is 0.556. The summed E-state index contributed by atoms with van der Waals surface area (Å²) >= 11 is 0. The molecule has 126 valence electrons. The number of hydrogen-bond acceptors (Lipinski definition) is 3. The van der Waals surface area contributed by atoms with Gasteiger partial charge in [0.15, 0.2) is 6.39 Å². The lowest BCUT2D eigenvalue weighted by atomic mass is 10.5. The van der Waals surface area contributed by atoms with Gasteiger partial charge in [0.1, 0.15) is 6.26 Å². The van der Waals surface area contributed by atoms with Crippen LogP contribution in [0.25, 0.3) is 0 Å². The van der Waals surface area contributed by atoms with E-state index in [1.54, 1.807) is 18.6 Å². The van der Waals surface area contributed by atoms with Gasteiger partial charge in [0.25, 0.3) is 0 Å². The Morgan fingerprint density at radius 2 is 0.952 bits per heavy atom. The van der Waals surface area contributed by atoms with E-state index in [1.165, 1.54) is 12.7 Å². The largest absolute Gasteiger partial charge is 0.452 e. The summed E-state index contributed by atoms with van der Waals surface area (Å²) in [6, 6.07) is 5.72. The van der Waals surface area contributed by atoms with Gasteiger partial charge in [0.05, 0.1) is 6.20 Å². The summed E-state index contributed by atoms with van der Waals surface area (Å²) in [6.45, 7) is 20.0. The lowest BCUT2D eigenvalue weighted by Gasteiger charge is -1.70. The van der Waals surface area contributed by atoms with Gasteiger partial charge in [-0.25, -0.2) is 4.98 Å². The minimum absolute atomic E-state index is 1.38. The van der Waals surface area contributed by atoms with Gasteiger partial charge in [-0.15, -0.1) is 0 Å². The lowest BCUT2D eigenvalue weighted by Crippen LogP contribution is -1.58. The molecule has 0 saturated heterocycles.